The van der Waals surface area contributed by atoms with E-state index in [-0.39, 0.29) is 12.6 Å². The molecule has 15 heavy (non-hydrogen) atoms. The molecule has 0 aliphatic rings. The third-order valence-electron chi connectivity index (χ3n) is 2.64. The first kappa shape index (κ1) is 10.2. The number of aryl methyl sites for hydroxylation is 1. The lowest BCUT2D eigenvalue weighted by Gasteiger charge is -2.06. The maximum atomic E-state index is 8.93. The predicted molar refractivity (Wildman–Crippen MR) is 61.8 cm³/mol. The lowest BCUT2D eigenvalue weighted by Crippen LogP contribution is -2.26. The molecule has 1 heterocycles. The number of nitrogens with one attached hydrogen (secondary N) is 1. The topological polar surface area (TPSA) is 62.0 Å². The van der Waals surface area contributed by atoms with Gasteiger partial charge in [-0.1, -0.05) is 11.6 Å². The molecule has 0 unspecified atom stereocenters. The predicted octanol–water partition coefficient (Wildman–Crippen LogP) is 1.34. The molecular formula is C12H16N2O. The summed E-state index contributed by atoms with van der Waals surface area (Å²) in [5.74, 6) is 0. The van der Waals surface area contributed by atoms with Gasteiger partial charge in [0.15, 0.2) is 0 Å². The van der Waals surface area contributed by atoms with Crippen molar-refractivity contribution in [2.75, 3.05) is 6.61 Å². The first-order valence-corrected chi connectivity index (χ1v) is 5.13. The standard InChI is InChI=1S/C12H16N2O/c1-8-2-3-12-11(4-8)9(6-14-12)5-10(13)7-15/h2-4,6,10,14-15H,5,7,13H2,1H3/t10-/m1/s1. The van der Waals surface area contributed by atoms with Gasteiger partial charge in [0.2, 0.25) is 0 Å². The zero-order chi connectivity index (χ0) is 10.8. The number of aliphatic hydroxyl groups is 1. The average Bonchev–Trinajstić information content (AvgIpc) is 2.61. The normalized spacial score (nSPS) is 13.3. The summed E-state index contributed by atoms with van der Waals surface area (Å²) in [6.07, 6.45) is 2.68. The van der Waals surface area contributed by atoms with E-state index in [9.17, 15) is 0 Å². The molecule has 0 bridgehead atoms. The van der Waals surface area contributed by atoms with Gasteiger partial charge in [0.25, 0.3) is 0 Å². The van der Waals surface area contributed by atoms with E-state index in [1.54, 1.807) is 0 Å². The van der Waals surface area contributed by atoms with Crippen LogP contribution < -0.4 is 5.73 Å². The second-order valence-electron chi connectivity index (χ2n) is 4.01. The van der Waals surface area contributed by atoms with Gasteiger partial charge in [-0.3, -0.25) is 0 Å². The Labute approximate surface area is 88.9 Å². The molecule has 0 aliphatic carbocycles. The highest BCUT2D eigenvalue weighted by Crippen LogP contribution is 2.20. The molecular weight excluding hydrogens is 188 g/mol. The Kier molecular flexibility index (Phi) is 2.75. The maximum absolute atomic E-state index is 8.93. The molecule has 4 N–H and O–H groups in total. The van der Waals surface area contributed by atoms with Gasteiger partial charge in [-0.25, -0.2) is 0 Å². The molecule has 3 heteroatoms. The number of hydrogen-bond donors (Lipinski definition) is 3. The smallest absolute Gasteiger partial charge is 0.0585 e. The van der Waals surface area contributed by atoms with Gasteiger partial charge in [-0.05, 0) is 31.0 Å². The summed E-state index contributed by atoms with van der Waals surface area (Å²) < 4.78 is 0. The summed E-state index contributed by atoms with van der Waals surface area (Å²) in [5, 5.41) is 10.1. The number of benzene rings is 1. The van der Waals surface area contributed by atoms with Crippen molar-refractivity contribution < 1.29 is 5.11 Å². The van der Waals surface area contributed by atoms with Crippen molar-refractivity contribution >= 4 is 10.9 Å². The van der Waals surface area contributed by atoms with Crippen LogP contribution in [-0.4, -0.2) is 22.7 Å². The SMILES string of the molecule is Cc1ccc2[nH]cc(C[C@@H](N)CO)c2c1. The Morgan fingerprint density at radius 2 is 2.27 bits per heavy atom. The summed E-state index contributed by atoms with van der Waals surface area (Å²) in [6, 6.07) is 6.11. The summed E-state index contributed by atoms with van der Waals surface area (Å²) >= 11 is 0. The molecule has 1 aromatic carbocycles. The van der Waals surface area contributed by atoms with E-state index in [1.807, 2.05) is 6.20 Å². The fourth-order valence-corrected chi connectivity index (χ4v) is 1.81. The fraction of sp³-hybridized carbons (Fsp3) is 0.333. The van der Waals surface area contributed by atoms with Gasteiger partial charge in [-0.15, -0.1) is 0 Å². The van der Waals surface area contributed by atoms with E-state index >= 15 is 0 Å². The minimum atomic E-state index is -0.176. The number of aromatic amines is 1. The monoisotopic (exact) mass is 204 g/mol. The molecule has 80 valence electrons. The summed E-state index contributed by atoms with van der Waals surface area (Å²) in [7, 11) is 0. The van der Waals surface area contributed by atoms with Gasteiger partial charge in [0.1, 0.15) is 0 Å². The van der Waals surface area contributed by atoms with E-state index in [0.717, 1.165) is 5.52 Å². The largest absolute Gasteiger partial charge is 0.395 e. The maximum Gasteiger partial charge on any atom is 0.0585 e. The number of aromatic nitrogens is 1. The molecule has 0 fully saturated rings. The Morgan fingerprint density at radius 1 is 1.47 bits per heavy atom. The summed E-state index contributed by atoms with van der Waals surface area (Å²) in [5.41, 5.74) is 9.27. The number of H-pyrrole nitrogens is 1. The van der Waals surface area contributed by atoms with E-state index < -0.39 is 0 Å². The van der Waals surface area contributed by atoms with Crippen molar-refractivity contribution in [1.82, 2.24) is 4.98 Å². The molecule has 1 atom stereocenters. The van der Waals surface area contributed by atoms with Crippen molar-refractivity contribution in [2.45, 2.75) is 19.4 Å². The number of nitrogens with two attached hydrogens (primary N) is 1. The quantitative estimate of drug-likeness (QED) is 0.706. The van der Waals surface area contributed by atoms with Crippen LogP contribution in [0.2, 0.25) is 0 Å². The molecule has 1 aromatic heterocycles. The van der Waals surface area contributed by atoms with Crippen molar-refractivity contribution in [1.29, 1.82) is 0 Å². The van der Waals surface area contributed by atoms with Gasteiger partial charge < -0.3 is 15.8 Å². The highest BCUT2D eigenvalue weighted by Gasteiger charge is 2.07. The van der Waals surface area contributed by atoms with Crippen LogP contribution >= 0.6 is 0 Å². The Hall–Kier alpha value is -1.32. The number of aliphatic hydroxyl groups excluding tert-OH is 1. The van der Waals surface area contributed by atoms with Gasteiger partial charge in [-0.2, -0.15) is 0 Å². The number of hydrogen-bond acceptors (Lipinski definition) is 2. The zero-order valence-corrected chi connectivity index (χ0v) is 8.83. The lowest BCUT2D eigenvalue weighted by molar-refractivity contribution is 0.265. The third-order valence-corrected chi connectivity index (χ3v) is 2.64. The zero-order valence-electron chi connectivity index (χ0n) is 8.83. The van der Waals surface area contributed by atoms with Crippen LogP contribution in [0.1, 0.15) is 11.1 Å². The number of fused-ring (bicyclic) bond motifs is 1. The Morgan fingerprint density at radius 3 is 3.00 bits per heavy atom. The molecule has 0 saturated heterocycles. The van der Waals surface area contributed by atoms with E-state index in [0.29, 0.717) is 6.42 Å². The van der Waals surface area contributed by atoms with Crippen LogP contribution in [0.25, 0.3) is 10.9 Å². The van der Waals surface area contributed by atoms with E-state index in [1.165, 1.54) is 16.5 Å². The Bertz CT molecular complexity index is 462. The van der Waals surface area contributed by atoms with E-state index in [4.69, 9.17) is 10.8 Å². The second-order valence-corrected chi connectivity index (χ2v) is 4.01. The molecule has 0 amide bonds. The van der Waals surface area contributed by atoms with Crippen molar-refractivity contribution in [3.63, 3.8) is 0 Å². The summed E-state index contributed by atoms with van der Waals surface area (Å²) in [4.78, 5) is 3.21. The molecule has 2 rings (SSSR count). The average molecular weight is 204 g/mol. The molecule has 3 nitrogen and oxygen atoms in total. The van der Waals surface area contributed by atoms with Crippen molar-refractivity contribution in [3.05, 3.63) is 35.5 Å². The van der Waals surface area contributed by atoms with Gasteiger partial charge >= 0.3 is 0 Å². The fourth-order valence-electron chi connectivity index (χ4n) is 1.81. The molecule has 0 radical (unpaired) electrons. The molecule has 0 saturated carbocycles. The molecule has 2 aromatic rings. The highest BCUT2D eigenvalue weighted by molar-refractivity contribution is 5.83. The first-order valence-electron chi connectivity index (χ1n) is 5.13. The Balaban J connectivity index is 2.39. The van der Waals surface area contributed by atoms with Gasteiger partial charge in [0.05, 0.1) is 6.61 Å². The van der Waals surface area contributed by atoms with Gasteiger partial charge in [0, 0.05) is 23.1 Å². The highest BCUT2D eigenvalue weighted by atomic mass is 16.3. The summed E-state index contributed by atoms with van der Waals surface area (Å²) in [6.45, 7) is 2.10. The second kappa shape index (κ2) is 4.04. The van der Waals surface area contributed by atoms with Crippen LogP contribution in [0.5, 0.6) is 0 Å². The minimum Gasteiger partial charge on any atom is -0.395 e. The van der Waals surface area contributed by atoms with E-state index in [2.05, 4.69) is 30.1 Å². The van der Waals surface area contributed by atoms with Crippen molar-refractivity contribution in [3.8, 4) is 0 Å². The third kappa shape index (κ3) is 2.03. The van der Waals surface area contributed by atoms with Crippen molar-refractivity contribution in [2.24, 2.45) is 5.73 Å². The van der Waals surface area contributed by atoms with Crippen LogP contribution in [0.3, 0.4) is 0 Å². The first-order chi connectivity index (χ1) is 7.20. The van der Waals surface area contributed by atoms with Crippen LogP contribution in [-0.2, 0) is 6.42 Å². The van der Waals surface area contributed by atoms with Crippen LogP contribution in [0.4, 0.5) is 0 Å². The molecule has 0 aliphatic heterocycles. The molecule has 0 spiro atoms. The van der Waals surface area contributed by atoms with Crippen LogP contribution in [0.15, 0.2) is 24.4 Å². The lowest BCUT2D eigenvalue weighted by atomic mass is 10.0. The minimum absolute atomic E-state index is 0.0263. The number of rotatable bonds is 3. The van der Waals surface area contributed by atoms with Crippen LogP contribution in [0, 0.1) is 6.92 Å².